The van der Waals surface area contributed by atoms with Gasteiger partial charge in [-0.1, -0.05) is 19.8 Å². The summed E-state index contributed by atoms with van der Waals surface area (Å²) in [6, 6.07) is 0. The van der Waals surface area contributed by atoms with E-state index in [1.54, 1.807) is 6.20 Å². The third kappa shape index (κ3) is 4.35. The molecule has 0 spiro atoms. The number of halogens is 1. The molecule has 0 fully saturated rings. The van der Waals surface area contributed by atoms with Crippen molar-refractivity contribution in [3.63, 3.8) is 0 Å². The molecule has 16 heavy (non-hydrogen) atoms. The van der Waals surface area contributed by atoms with Gasteiger partial charge in [0.15, 0.2) is 0 Å². The summed E-state index contributed by atoms with van der Waals surface area (Å²) in [5.74, 6) is 1.22. The van der Waals surface area contributed by atoms with E-state index in [0.717, 1.165) is 17.4 Å². The molecule has 1 aromatic rings. The number of hydrogen-bond acceptors (Lipinski definition) is 4. The Labute approximate surface area is 105 Å². The van der Waals surface area contributed by atoms with Gasteiger partial charge in [-0.05, 0) is 29.3 Å². The Hall–Kier alpha value is -0.840. The zero-order valence-electron chi connectivity index (χ0n) is 9.79. The van der Waals surface area contributed by atoms with Crippen molar-refractivity contribution in [1.29, 1.82) is 0 Å². The van der Waals surface area contributed by atoms with Gasteiger partial charge in [0.2, 0.25) is 11.8 Å². The van der Waals surface area contributed by atoms with Crippen LogP contribution in [0.15, 0.2) is 10.7 Å². The third-order valence-corrected chi connectivity index (χ3v) is 2.58. The molecule has 90 valence electrons. The first-order valence-corrected chi connectivity index (χ1v) is 6.46. The van der Waals surface area contributed by atoms with Gasteiger partial charge < -0.3 is 10.1 Å². The van der Waals surface area contributed by atoms with Crippen molar-refractivity contribution in [1.82, 2.24) is 9.97 Å². The van der Waals surface area contributed by atoms with Crippen molar-refractivity contribution < 1.29 is 4.74 Å². The fourth-order valence-electron chi connectivity index (χ4n) is 1.22. The van der Waals surface area contributed by atoms with Crippen LogP contribution in [0.2, 0.25) is 0 Å². The molecular weight excluding hydrogens is 270 g/mol. The summed E-state index contributed by atoms with van der Waals surface area (Å²) in [5, 5.41) is 3.05. The number of nitrogens with zero attached hydrogens (tertiary/aromatic N) is 2. The van der Waals surface area contributed by atoms with E-state index in [4.69, 9.17) is 4.74 Å². The highest BCUT2D eigenvalue weighted by Gasteiger charge is 2.05. The molecule has 0 aliphatic rings. The van der Waals surface area contributed by atoms with E-state index in [1.165, 1.54) is 12.8 Å². The van der Waals surface area contributed by atoms with Crippen molar-refractivity contribution in [2.45, 2.75) is 33.1 Å². The lowest BCUT2D eigenvalue weighted by atomic mass is 10.3. The minimum Gasteiger partial charge on any atom is -0.477 e. The Bertz CT molecular complexity index is 320. The first-order chi connectivity index (χ1) is 7.77. The van der Waals surface area contributed by atoms with E-state index in [2.05, 4.69) is 38.1 Å². The summed E-state index contributed by atoms with van der Waals surface area (Å²) < 4.78 is 6.38. The number of aromatic nitrogens is 2. The number of rotatable bonds is 7. The third-order valence-electron chi connectivity index (χ3n) is 2.03. The Morgan fingerprint density at radius 3 is 2.88 bits per heavy atom. The summed E-state index contributed by atoms with van der Waals surface area (Å²) in [7, 11) is 0. The van der Waals surface area contributed by atoms with Crippen molar-refractivity contribution in [3.05, 3.63) is 10.7 Å². The second-order valence-corrected chi connectivity index (χ2v) is 4.29. The highest BCUT2D eigenvalue weighted by atomic mass is 79.9. The van der Waals surface area contributed by atoms with Crippen LogP contribution in [-0.4, -0.2) is 23.1 Å². The van der Waals surface area contributed by atoms with Gasteiger partial charge in [-0.3, -0.25) is 0 Å². The Kier molecular flexibility index (Phi) is 6.15. The predicted octanol–water partition coefficient (Wildman–Crippen LogP) is 3.24. The summed E-state index contributed by atoms with van der Waals surface area (Å²) in [4.78, 5) is 8.39. The fourth-order valence-corrected chi connectivity index (χ4v) is 1.52. The van der Waals surface area contributed by atoms with Gasteiger partial charge in [-0.15, -0.1) is 0 Å². The molecule has 5 heteroatoms. The van der Waals surface area contributed by atoms with Crippen LogP contribution >= 0.6 is 15.9 Å². The van der Waals surface area contributed by atoms with Gasteiger partial charge in [0.05, 0.1) is 17.3 Å². The second kappa shape index (κ2) is 7.44. The number of unbranched alkanes of at least 4 members (excludes halogenated alkanes) is 2. The Morgan fingerprint density at radius 2 is 2.19 bits per heavy atom. The zero-order valence-corrected chi connectivity index (χ0v) is 11.4. The van der Waals surface area contributed by atoms with Crippen LogP contribution < -0.4 is 10.1 Å². The lowest BCUT2D eigenvalue weighted by Crippen LogP contribution is -2.05. The monoisotopic (exact) mass is 287 g/mol. The molecule has 0 aliphatic heterocycles. The second-order valence-electron chi connectivity index (χ2n) is 3.43. The molecule has 4 nitrogen and oxygen atoms in total. The summed E-state index contributed by atoms with van der Waals surface area (Å²) in [5.41, 5.74) is 0. The van der Waals surface area contributed by atoms with Gasteiger partial charge in [0, 0.05) is 6.54 Å². The van der Waals surface area contributed by atoms with E-state index in [9.17, 15) is 0 Å². The number of ether oxygens (including phenoxy) is 1. The first-order valence-electron chi connectivity index (χ1n) is 5.67. The number of hydrogen-bond donors (Lipinski definition) is 1. The Morgan fingerprint density at radius 1 is 1.38 bits per heavy atom. The maximum Gasteiger partial charge on any atom is 0.232 e. The average molecular weight is 288 g/mol. The van der Waals surface area contributed by atoms with Crippen molar-refractivity contribution in [2.75, 3.05) is 18.5 Å². The lowest BCUT2D eigenvalue weighted by molar-refractivity contribution is 0.293. The molecule has 1 aromatic heterocycles. The molecule has 1 N–H and O–H groups in total. The highest BCUT2D eigenvalue weighted by molar-refractivity contribution is 9.10. The van der Waals surface area contributed by atoms with E-state index < -0.39 is 0 Å². The fraction of sp³-hybridized carbons (Fsp3) is 0.636. The van der Waals surface area contributed by atoms with Crippen LogP contribution in [0.4, 0.5) is 5.95 Å². The molecule has 0 bridgehead atoms. The smallest absolute Gasteiger partial charge is 0.232 e. The number of anilines is 1. The highest BCUT2D eigenvalue weighted by Crippen LogP contribution is 2.22. The van der Waals surface area contributed by atoms with E-state index in [0.29, 0.717) is 18.4 Å². The quantitative estimate of drug-likeness (QED) is 0.782. The molecule has 0 radical (unpaired) electrons. The summed E-state index contributed by atoms with van der Waals surface area (Å²) in [6.45, 7) is 5.68. The molecular formula is C11H18BrN3O. The topological polar surface area (TPSA) is 47.0 Å². The van der Waals surface area contributed by atoms with Crippen molar-refractivity contribution >= 4 is 21.9 Å². The zero-order chi connectivity index (χ0) is 11.8. The first kappa shape index (κ1) is 13.2. The minimum atomic E-state index is 0.608. The van der Waals surface area contributed by atoms with Crippen LogP contribution in [0.25, 0.3) is 0 Å². The maximum atomic E-state index is 5.59. The van der Waals surface area contributed by atoms with Gasteiger partial charge in [0.25, 0.3) is 0 Å². The lowest BCUT2D eigenvalue weighted by Gasteiger charge is -2.08. The van der Waals surface area contributed by atoms with Gasteiger partial charge in [0.1, 0.15) is 0 Å². The van der Waals surface area contributed by atoms with Crippen molar-refractivity contribution in [2.24, 2.45) is 0 Å². The van der Waals surface area contributed by atoms with Gasteiger partial charge >= 0.3 is 0 Å². The normalized spacial score (nSPS) is 10.2. The molecule has 0 atom stereocenters. The summed E-state index contributed by atoms with van der Waals surface area (Å²) >= 11 is 3.37. The van der Waals surface area contributed by atoms with E-state index >= 15 is 0 Å². The molecule has 1 heterocycles. The largest absolute Gasteiger partial charge is 0.477 e. The van der Waals surface area contributed by atoms with Gasteiger partial charge in [-0.25, -0.2) is 4.98 Å². The molecule has 0 unspecified atom stereocenters. The number of nitrogens with one attached hydrogen (secondary N) is 1. The molecule has 0 saturated heterocycles. The van der Waals surface area contributed by atoms with E-state index in [1.807, 2.05) is 6.92 Å². The van der Waals surface area contributed by atoms with Crippen LogP contribution in [0.5, 0.6) is 5.88 Å². The standard InChI is InChI=1S/C11H18BrN3O/c1-3-5-6-7-16-10-9(12)8-14-11(15-10)13-4-2/h8H,3-7H2,1-2H3,(H,13,14,15). The van der Waals surface area contributed by atoms with Crippen LogP contribution in [0, 0.1) is 0 Å². The van der Waals surface area contributed by atoms with Crippen LogP contribution in [0.1, 0.15) is 33.1 Å². The Balaban J connectivity index is 2.52. The molecule has 1 rings (SSSR count). The van der Waals surface area contributed by atoms with Crippen molar-refractivity contribution in [3.8, 4) is 5.88 Å². The maximum absolute atomic E-state index is 5.59. The molecule has 0 aliphatic carbocycles. The SMILES string of the molecule is CCCCCOc1nc(NCC)ncc1Br. The van der Waals surface area contributed by atoms with Gasteiger partial charge in [-0.2, -0.15) is 4.98 Å². The van der Waals surface area contributed by atoms with Crippen LogP contribution in [0.3, 0.4) is 0 Å². The average Bonchev–Trinajstić information content (AvgIpc) is 2.29. The van der Waals surface area contributed by atoms with E-state index in [-0.39, 0.29) is 0 Å². The predicted molar refractivity (Wildman–Crippen MR) is 68.9 cm³/mol. The minimum absolute atomic E-state index is 0.608. The molecule has 0 aromatic carbocycles. The molecule has 0 saturated carbocycles. The van der Waals surface area contributed by atoms with Crippen LogP contribution in [-0.2, 0) is 0 Å². The molecule has 0 amide bonds. The summed E-state index contributed by atoms with van der Waals surface area (Å²) in [6.07, 6.45) is 5.14.